The highest BCUT2D eigenvalue weighted by atomic mass is 32.2. The molecular formula is C13H22N2O3S2. The molecule has 0 bridgehead atoms. The molecule has 1 aromatic heterocycles. The van der Waals surface area contributed by atoms with Gasteiger partial charge in [-0.15, -0.1) is 11.3 Å². The van der Waals surface area contributed by atoms with Crippen molar-refractivity contribution in [2.75, 3.05) is 20.2 Å². The molecule has 7 heteroatoms. The van der Waals surface area contributed by atoms with Gasteiger partial charge in [0.15, 0.2) is 0 Å². The van der Waals surface area contributed by atoms with Crippen molar-refractivity contribution in [2.45, 2.75) is 43.7 Å². The SMILES string of the molecule is COC1(C)CCCN(S(=O)(=O)c2cc(CN)sc2C)C1. The summed E-state index contributed by atoms with van der Waals surface area (Å²) in [6.07, 6.45) is 1.70. The van der Waals surface area contributed by atoms with Crippen molar-refractivity contribution < 1.29 is 13.2 Å². The van der Waals surface area contributed by atoms with Crippen LogP contribution in [-0.4, -0.2) is 38.5 Å². The first-order valence-corrected chi connectivity index (χ1v) is 8.93. The van der Waals surface area contributed by atoms with E-state index in [2.05, 4.69) is 0 Å². The van der Waals surface area contributed by atoms with Crippen LogP contribution in [0, 0.1) is 6.92 Å². The average Bonchev–Trinajstić information content (AvgIpc) is 2.81. The molecule has 5 nitrogen and oxygen atoms in total. The third-order valence-corrected chi connectivity index (χ3v) is 7.03. The largest absolute Gasteiger partial charge is 0.377 e. The minimum Gasteiger partial charge on any atom is -0.377 e. The highest BCUT2D eigenvalue weighted by molar-refractivity contribution is 7.89. The Hall–Kier alpha value is -0.470. The number of sulfonamides is 1. The van der Waals surface area contributed by atoms with Gasteiger partial charge in [0.2, 0.25) is 10.0 Å². The lowest BCUT2D eigenvalue weighted by Gasteiger charge is -2.38. The topological polar surface area (TPSA) is 72.6 Å². The molecular weight excluding hydrogens is 296 g/mol. The van der Waals surface area contributed by atoms with Gasteiger partial charge in [-0.3, -0.25) is 0 Å². The number of thiophene rings is 1. The van der Waals surface area contributed by atoms with Gasteiger partial charge in [0.05, 0.1) is 10.5 Å². The van der Waals surface area contributed by atoms with Gasteiger partial charge in [-0.05, 0) is 32.8 Å². The Morgan fingerprint density at radius 2 is 2.25 bits per heavy atom. The maximum Gasteiger partial charge on any atom is 0.244 e. The van der Waals surface area contributed by atoms with E-state index in [-0.39, 0.29) is 0 Å². The number of rotatable bonds is 4. The first kappa shape index (κ1) is 15.9. The summed E-state index contributed by atoms with van der Waals surface area (Å²) in [7, 11) is -1.82. The Balaban J connectivity index is 2.32. The zero-order valence-electron chi connectivity index (χ0n) is 12.2. The molecule has 1 atom stereocenters. The molecule has 0 radical (unpaired) electrons. The molecule has 1 unspecified atom stereocenters. The third kappa shape index (κ3) is 2.92. The van der Waals surface area contributed by atoms with Crippen LogP contribution in [0.3, 0.4) is 0 Å². The summed E-state index contributed by atoms with van der Waals surface area (Å²) in [5, 5.41) is 0. The molecule has 1 fully saturated rings. The van der Waals surface area contributed by atoms with Crippen LogP contribution >= 0.6 is 11.3 Å². The van der Waals surface area contributed by atoms with Crippen LogP contribution in [0.5, 0.6) is 0 Å². The molecule has 0 spiro atoms. The minimum atomic E-state index is -3.45. The smallest absolute Gasteiger partial charge is 0.244 e. The van der Waals surface area contributed by atoms with Crippen molar-refractivity contribution >= 4 is 21.4 Å². The van der Waals surface area contributed by atoms with Crippen LogP contribution in [-0.2, 0) is 21.3 Å². The van der Waals surface area contributed by atoms with E-state index in [9.17, 15) is 8.42 Å². The van der Waals surface area contributed by atoms with Crippen LogP contribution in [0.15, 0.2) is 11.0 Å². The second-order valence-electron chi connectivity index (χ2n) is 5.43. The number of nitrogens with zero attached hydrogens (tertiary/aromatic N) is 1. The van der Waals surface area contributed by atoms with Crippen molar-refractivity contribution in [3.05, 3.63) is 15.8 Å². The van der Waals surface area contributed by atoms with E-state index in [1.807, 2.05) is 13.8 Å². The number of aryl methyl sites for hydroxylation is 1. The predicted octanol–water partition coefficient (Wildman–Crippen LogP) is 1.70. The van der Waals surface area contributed by atoms with Crippen molar-refractivity contribution in [3.63, 3.8) is 0 Å². The van der Waals surface area contributed by atoms with Gasteiger partial charge in [0, 0.05) is 36.5 Å². The van der Waals surface area contributed by atoms with E-state index in [0.29, 0.717) is 24.5 Å². The fourth-order valence-corrected chi connectivity index (χ4v) is 5.63. The van der Waals surface area contributed by atoms with Crippen LogP contribution in [0.25, 0.3) is 0 Å². The van der Waals surface area contributed by atoms with Crippen molar-refractivity contribution in [2.24, 2.45) is 5.73 Å². The third-order valence-electron chi connectivity index (χ3n) is 3.86. The number of nitrogens with two attached hydrogens (primary N) is 1. The van der Waals surface area contributed by atoms with E-state index in [0.717, 1.165) is 22.6 Å². The Morgan fingerprint density at radius 1 is 1.55 bits per heavy atom. The maximum absolute atomic E-state index is 12.8. The van der Waals surface area contributed by atoms with E-state index >= 15 is 0 Å². The molecule has 0 aliphatic carbocycles. The quantitative estimate of drug-likeness (QED) is 0.917. The second-order valence-corrected chi connectivity index (χ2v) is 8.68. The Kier molecular flexibility index (Phi) is 4.56. The zero-order chi connectivity index (χ0) is 15.0. The average molecular weight is 318 g/mol. The molecule has 1 aliphatic heterocycles. The van der Waals surface area contributed by atoms with Gasteiger partial charge >= 0.3 is 0 Å². The summed E-state index contributed by atoms with van der Waals surface area (Å²) in [6, 6.07) is 1.70. The first-order chi connectivity index (χ1) is 9.32. The van der Waals surface area contributed by atoms with Crippen LogP contribution in [0.1, 0.15) is 29.5 Å². The summed E-state index contributed by atoms with van der Waals surface area (Å²) < 4.78 is 32.6. The van der Waals surface area contributed by atoms with Crippen molar-refractivity contribution in [3.8, 4) is 0 Å². The summed E-state index contributed by atoms with van der Waals surface area (Å²) >= 11 is 1.45. The first-order valence-electron chi connectivity index (χ1n) is 6.67. The number of methoxy groups -OCH3 is 1. The normalized spacial score (nSPS) is 25.0. The van der Waals surface area contributed by atoms with Crippen molar-refractivity contribution in [1.82, 2.24) is 4.31 Å². The van der Waals surface area contributed by atoms with Gasteiger partial charge in [-0.25, -0.2) is 8.42 Å². The molecule has 2 N–H and O–H groups in total. The Morgan fingerprint density at radius 3 is 2.80 bits per heavy atom. The van der Waals surface area contributed by atoms with Gasteiger partial charge < -0.3 is 10.5 Å². The molecule has 1 saturated heterocycles. The number of ether oxygens (including phenoxy) is 1. The van der Waals surface area contributed by atoms with E-state index in [1.165, 1.54) is 15.6 Å². The summed E-state index contributed by atoms with van der Waals surface area (Å²) in [4.78, 5) is 2.09. The lowest BCUT2D eigenvalue weighted by Crippen LogP contribution is -2.49. The van der Waals surface area contributed by atoms with Gasteiger partial charge in [0.1, 0.15) is 0 Å². The highest BCUT2D eigenvalue weighted by Gasteiger charge is 2.37. The lowest BCUT2D eigenvalue weighted by atomic mass is 9.96. The molecule has 1 aliphatic rings. The van der Waals surface area contributed by atoms with Gasteiger partial charge in [0.25, 0.3) is 0 Å². The molecule has 0 saturated carbocycles. The second kappa shape index (κ2) is 5.73. The predicted molar refractivity (Wildman–Crippen MR) is 80.4 cm³/mol. The number of piperidine rings is 1. The summed E-state index contributed by atoms with van der Waals surface area (Å²) in [6.45, 7) is 5.11. The summed E-state index contributed by atoms with van der Waals surface area (Å²) in [5.41, 5.74) is 5.20. The molecule has 1 aromatic rings. The Bertz CT molecular complexity index is 582. The zero-order valence-corrected chi connectivity index (χ0v) is 13.8. The molecule has 2 heterocycles. The van der Waals surface area contributed by atoms with E-state index in [4.69, 9.17) is 10.5 Å². The standard InChI is InChI=1S/C13H22N2O3S2/c1-10-12(7-11(8-14)19-10)20(16,17)15-6-4-5-13(2,9-15)18-3/h7H,4-6,8-9,14H2,1-3H3. The monoisotopic (exact) mass is 318 g/mol. The minimum absolute atomic E-state index is 0.372. The molecule has 20 heavy (non-hydrogen) atoms. The van der Waals surface area contributed by atoms with E-state index < -0.39 is 15.6 Å². The van der Waals surface area contributed by atoms with Gasteiger partial charge in [-0.2, -0.15) is 4.31 Å². The van der Waals surface area contributed by atoms with Crippen LogP contribution in [0.2, 0.25) is 0 Å². The van der Waals surface area contributed by atoms with Crippen molar-refractivity contribution in [1.29, 1.82) is 0 Å². The number of hydrogen-bond donors (Lipinski definition) is 1. The lowest BCUT2D eigenvalue weighted by molar-refractivity contribution is -0.0319. The van der Waals surface area contributed by atoms with Gasteiger partial charge in [-0.1, -0.05) is 0 Å². The number of hydrogen-bond acceptors (Lipinski definition) is 5. The fourth-order valence-electron chi connectivity index (χ4n) is 2.55. The van der Waals surface area contributed by atoms with E-state index in [1.54, 1.807) is 13.2 Å². The summed E-state index contributed by atoms with van der Waals surface area (Å²) in [5.74, 6) is 0. The maximum atomic E-state index is 12.8. The molecule has 2 rings (SSSR count). The molecule has 0 amide bonds. The highest BCUT2D eigenvalue weighted by Crippen LogP contribution is 2.32. The van der Waals surface area contributed by atoms with Crippen LogP contribution < -0.4 is 5.73 Å². The Labute approximate surface area is 124 Å². The molecule has 114 valence electrons. The molecule has 0 aromatic carbocycles. The van der Waals surface area contributed by atoms with Crippen LogP contribution in [0.4, 0.5) is 0 Å². The fraction of sp³-hybridized carbons (Fsp3) is 0.692.